The molecule has 4 aliphatic carbocycles. The van der Waals surface area contributed by atoms with Gasteiger partial charge in [-0.15, -0.1) is 38.0 Å². The van der Waals surface area contributed by atoms with Crippen LogP contribution in [-0.2, 0) is 53.2 Å². The van der Waals surface area contributed by atoms with Gasteiger partial charge < -0.3 is 50.3 Å². The average molecular weight is 1300 g/mol. The van der Waals surface area contributed by atoms with Crippen molar-refractivity contribution in [2.24, 2.45) is 29.4 Å². The Morgan fingerprint density at radius 1 is 0.727 bits per heavy atom. The molecule has 4 heterocycles. The normalized spacial score (nSPS) is 24.7. The van der Waals surface area contributed by atoms with Crippen LogP contribution in [-0.4, -0.2) is 164 Å². The third-order valence-electron chi connectivity index (χ3n) is 16.6. The third kappa shape index (κ3) is 16.3. The standard InChI is InChI=1S/C36H47N3O9S.C25H29N3O6S.CH5N.2ClH/c1-8-22-18-36(22,31(40)20-49(44,45)25-10-11-25)38-33(42)29-16-24(47-30-13-14-37-28-15-23(46-7)9-12-26(28)30)19-39(29)34(43)27(21(2)3)17-32(41)48-35(4,5)6;1-3-15-12-25(15,23(29)14-35(31,32)18-5-6-18)28-24(30)21-11-17(13-27-21)34-22-8-9-26-20-10-16(33-2)4-7-19(20)22;1-2;;/h8-9,12-15,21-22,24-25,27,29H,1,10-11,16-20H2,2-7H3,(H,38,42);3-4,7-10,15,17-18,21,27H,1,5-6,11-14H2,2H3,(H,28,30);2H2,1H3;2*1H/t22-,24-,27+,29+,36-;15-,17-,21+,25-;;;/m11.../s1. The van der Waals surface area contributed by atoms with Crippen molar-refractivity contribution in [2.45, 2.75) is 144 Å². The predicted molar refractivity (Wildman–Crippen MR) is 337 cm³/mol. The first-order valence-electron chi connectivity index (χ1n) is 29.1. The van der Waals surface area contributed by atoms with E-state index in [-0.39, 0.29) is 74.5 Å². The van der Waals surface area contributed by atoms with Crippen molar-refractivity contribution in [3.8, 4) is 23.0 Å². The molecule has 4 aromatic rings. The molecule has 22 nitrogen and oxygen atoms in total. The maximum atomic E-state index is 14.3. The van der Waals surface area contributed by atoms with Gasteiger partial charge in [0.15, 0.2) is 31.2 Å². The van der Waals surface area contributed by atoms with Gasteiger partial charge in [-0.25, -0.2) is 16.8 Å². The van der Waals surface area contributed by atoms with Gasteiger partial charge in [0.2, 0.25) is 17.7 Å². The summed E-state index contributed by atoms with van der Waals surface area (Å²) in [6.45, 7) is 16.9. The van der Waals surface area contributed by atoms with Crippen LogP contribution in [0.1, 0.15) is 92.4 Å². The maximum absolute atomic E-state index is 14.3. The van der Waals surface area contributed by atoms with Crippen LogP contribution in [0.3, 0.4) is 0 Å². The number of ketones is 2. The number of hydrogen-bond acceptors (Lipinski definition) is 19. The number of methoxy groups -OCH3 is 2. The number of rotatable bonds is 24. The summed E-state index contributed by atoms with van der Waals surface area (Å²) in [6, 6.07) is 12.8. The number of sulfone groups is 2. The number of benzene rings is 2. The number of pyridine rings is 2. The zero-order valence-electron chi connectivity index (χ0n) is 51.0. The highest BCUT2D eigenvalue weighted by molar-refractivity contribution is 7.93. The van der Waals surface area contributed by atoms with E-state index in [1.165, 1.54) is 11.9 Å². The molecule has 2 aromatic heterocycles. The number of Topliss-reactive ketones (excluding diaryl/α,β-unsaturated/α-hetero) is 2. The van der Waals surface area contributed by atoms with Gasteiger partial charge >= 0.3 is 5.97 Å². The molecule has 5 N–H and O–H groups in total. The molecule has 0 unspecified atom stereocenters. The lowest BCUT2D eigenvalue weighted by atomic mass is 9.90. The van der Waals surface area contributed by atoms with Gasteiger partial charge in [0.1, 0.15) is 69.4 Å². The fourth-order valence-corrected chi connectivity index (χ4v) is 14.7. The summed E-state index contributed by atoms with van der Waals surface area (Å²) in [5.41, 5.74) is 2.55. The smallest absolute Gasteiger partial charge is 0.307 e. The van der Waals surface area contributed by atoms with Crippen molar-refractivity contribution in [1.82, 2.24) is 30.8 Å². The number of esters is 1. The molecule has 0 spiro atoms. The van der Waals surface area contributed by atoms with E-state index in [9.17, 15) is 45.6 Å². The lowest BCUT2D eigenvalue weighted by molar-refractivity contribution is -0.159. The summed E-state index contributed by atoms with van der Waals surface area (Å²) < 4.78 is 78.9. The highest BCUT2D eigenvalue weighted by atomic mass is 35.5. The second kappa shape index (κ2) is 28.6. The summed E-state index contributed by atoms with van der Waals surface area (Å²) in [7, 11) is -2.43. The minimum atomic E-state index is -3.63. The number of nitrogens with two attached hydrogens (primary N) is 1. The number of fused-ring (bicyclic) bond motifs is 2. The molecule has 0 bridgehead atoms. The first kappa shape index (κ1) is 70.6. The van der Waals surface area contributed by atoms with Crippen LogP contribution in [0.2, 0.25) is 0 Å². The van der Waals surface area contributed by atoms with Crippen LogP contribution in [0.25, 0.3) is 21.8 Å². The van der Waals surface area contributed by atoms with Crippen molar-refractivity contribution >= 4 is 102 Å². The van der Waals surface area contributed by atoms with Crippen molar-refractivity contribution in [3.05, 3.63) is 86.2 Å². The highest BCUT2D eigenvalue weighted by Gasteiger charge is 2.62. The van der Waals surface area contributed by atoms with E-state index in [1.54, 1.807) is 83.8 Å². The number of halogens is 2. The van der Waals surface area contributed by atoms with Crippen molar-refractivity contribution in [1.29, 1.82) is 0 Å². The van der Waals surface area contributed by atoms with Crippen LogP contribution in [0.5, 0.6) is 23.0 Å². The number of amides is 3. The number of carbonyl (C=O) groups excluding carboxylic acids is 6. The predicted octanol–water partition coefficient (Wildman–Crippen LogP) is 5.78. The van der Waals surface area contributed by atoms with Gasteiger partial charge in [-0.2, -0.15) is 0 Å². The Bertz CT molecular complexity index is 3510. The van der Waals surface area contributed by atoms with Crippen LogP contribution in [0.4, 0.5) is 0 Å². The van der Waals surface area contributed by atoms with Gasteiger partial charge in [0.05, 0.1) is 60.7 Å². The molecule has 2 aromatic carbocycles. The Morgan fingerprint density at radius 3 is 1.61 bits per heavy atom. The van der Waals surface area contributed by atoms with E-state index in [4.69, 9.17) is 23.7 Å². The molecule has 2 saturated heterocycles. The molecule has 482 valence electrons. The van der Waals surface area contributed by atoms with Gasteiger partial charge in [-0.3, -0.25) is 38.7 Å². The second-order valence-corrected chi connectivity index (χ2v) is 28.9. The molecule has 4 saturated carbocycles. The lowest BCUT2D eigenvalue weighted by Crippen LogP contribution is -2.55. The Hall–Kier alpha value is -6.44. The summed E-state index contributed by atoms with van der Waals surface area (Å²) in [5, 5.41) is 9.49. The van der Waals surface area contributed by atoms with E-state index in [2.05, 4.69) is 44.8 Å². The number of ether oxygens (including phenoxy) is 5. The Labute approximate surface area is 527 Å². The topological polar surface area (TPSA) is 308 Å². The van der Waals surface area contributed by atoms with Crippen LogP contribution in [0, 0.1) is 23.7 Å². The molecule has 3 amide bonds. The molecule has 2 aliphatic heterocycles. The SMILES string of the molecule is C=C[C@@H]1C[C@]1(NC(=O)[C@@H]1C[C@@H](Oc2ccnc3cc(OC)ccc23)CN1)C(=O)CS(=O)(=O)C1CC1.C=C[C@@H]1C[C@]1(NC(=O)[C@@H]1C[C@@H](Oc2ccnc3cc(OC)ccc23)CN1C(=O)[C@@H](CC(=O)OC(C)(C)C)C(C)C)C(=O)CS(=O)(=O)C1CC1.CN.Cl.Cl. The van der Waals surface area contributed by atoms with E-state index < -0.39 is 118 Å². The molecule has 6 fully saturated rings. The first-order chi connectivity index (χ1) is 40.7. The lowest BCUT2D eigenvalue weighted by Gasteiger charge is -2.31. The zero-order valence-corrected chi connectivity index (χ0v) is 54.3. The van der Waals surface area contributed by atoms with Crippen LogP contribution in [0.15, 0.2) is 86.2 Å². The third-order valence-corrected chi connectivity index (χ3v) is 20.9. The van der Waals surface area contributed by atoms with Crippen molar-refractivity contribution < 1.29 is 69.3 Å². The van der Waals surface area contributed by atoms with Gasteiger partial charge in [-0.05, 0) is 109 Å². The zero-order chi connectivity index (χ0) is 62.7. The number of nitrogens with zero attached hydrogens (tertiary/aromatic N) is 3. The van der Waals surface area contributed by atoms with E-state index >= 15 is 0 Å². The van der Waals surface area contributed by atoms with Gasteiger partial charge in [0, 0.05) is 66.5 Å². The fourth-order valence-electron chi connectivity index (χ4n) is 11.3. The van der Waals surface area contributed by atoms with Gasteiger partial charge in [-0.1, -0.05) is 26.0 Å². The number of hydrogen-bond donors (Lipinski definition) is 4. The summed E-state index contributed by atoms with van der Waals surface area (Å²) >= 11 is 0. The minimum Gasteiger partial charge on any atom is -0.497 e. The molecular formula is C62H83Cl2N7O15S2. The monoisotopic (exact) mass is 1300 g/mol. The molecule has 88 heavy (non-hydrogen) atoms. The molecule has 26 heteroatoms. The van der Waals surface area contributed by atoms with Gasteiger partial charge in [0.25, 0.3) is 0 Å². The quantitative estimate of drug-likeness (QED) is 0.0477. The van der Waals surface area contributed by atoms with Crippen LogP contribution < -0.4 is 40.6 Å². The first-order valence-corrected chi connectivity index (χ1v) is 32.6. The van der Waals surface area contributed by atoms with Crippen molar-refractivity contribution in [2.75, 3.05) is 45.9 Å². The molecular weight excluding hydrogens is 1220 g/mol. The van der Waals surface area contributed by atoms with E-state index in [0.29, 0.717) is 79.0 Å². The maximum Gasteiger partial charge on any atom is 0.307 e. The molecule has 9 atom stereocenters. The Kier molecular flexibility index (Phi) is 22.9. The number of carbonyl (C=O) groups is 6. The Morgan fingerprint density at radius 2 is 1.19 bits per heavy atom. The summed E-state index contributed by atoms with van der Waals surface area (Å²) in [6.07, 6.45) is 8.73. The molecule has 0 radical (unpaired) electrons. The number of likely N-dealkylation sites (tertiary alicyclic amines) is 1. The van der Waals surface area contributed by atoms with E-state index in [0.717, 1.165) is 10.9 Å². The largest absolute Gasteiger partial charge is 0.497 e. The highest BCUT2D eigenvalue weighted by Crippen LogP contribution is 2.48. The fraction of sp³-hybridized carbons (Fsp3) is 0.548. The number of aromatic nitrogens is 2. The molecule has 10 rings (SSSR count). The van der Waals surface area contributed by atoms with Crippen LogP contribution >= 0.6 is 24.8 Å². The molecule has 6 aliphatic rings. The summed E-state index contributed by atoms with van der Waals surface area (Å²) in [5.74, 6) is -3.35. The second-order valence-electron chi connectivity index (χ2n) is 24.3. The number of nitrogens with one attached hydrogen (secondary N) is 3. The Balaban J connectivity index is 0.000000280. The van der Waals surface area contributed by atoms with Crippen molar-refractivity contribution in [3.63, 3.8) is 0 Å². The summed E-state index contributed by atoms with van der Waals surface area (Å²) in [4.78, 5) is 91.1. The minimum absolute atomic E-state index is 0. The average Bonchev–Trinajstić information content (AvgIpc) is 1.68. The van der Waals surface area contributed by atoms with E-state index in [1.807, 2.05) is 38.1 Å².